The molecule has 3 rings (SSSR count). The summed E-state index contributed by atoms with van der Waals surface area (Å²) >= 11 is 6.07. The molecule has 1 aromatic heterocycles. The van der Waals surface area contributed by atoms with Crippen molar-refractivity contribution in [3.8, 4) is 0 Å². The molecule has 2 N–H and O–H groups in total. The van der Waals surface area contributed by atoms with Crippen LogP contribution in [0.1, 0.15) is 37.6 Å². The zero-order valence-corrected chi connectivity index (χ0v) is 18.9. The molecule has 32 heavy (non-hydrogen) atoms. The molecule has 0 aliphatic carbocycles. The molecule has 1 aromatic carbocycles. The number of hydrogen-bond acceptors (Lipinski definition) is 5. The highest BCUT2D eigenvalue weighted by atomic mass is 35.5. The Kier molecular flexibility index (Phi) is 7.15. The third-order valence-corrected chi connectivity index (χ3v) is 4.77. The van der Waals surface area contributed by atoms with Gasteiger partial charge in [-0.1, -0.05) is 23.7 Å². The Bertz CT molecular complexity index is 1050. The molecule has 2 aromatic rings. The molecule has 9 heteroatoms. The van der Waals surface area contributed by atoms with Crippen LogP contribution in [-0.4, -0.2) is 46.5 Å². The van der Waals surface area contributed by atoms with Crippen LogP contribution in [-0.2, 0) is 9.53 Å². The molecule has 0 unspecified atom stereocenters. The number of nitrogens with one attached hydrogen (secondary N) is 2. The number of carbonyl (C=O) groups excluding carboxylic acids is 3. The van der Waals surface area contributed by atoms with Crippen LogP contribution in [0.4, 0.5) is 16.3 Å². The highest BCUT2D eigenvalue weighted by Crippen LogP contribution is 2.24. The van der Waals surface area contributed by atoms with Gasteiger partial charge in [0.25, 0.3) is 11.8 Å². The minimum atomic E-state index is -0.584. The number of rotatable bonds is 4. The summed E-state index contributed by atoms with van der Waals surface area (Å²) in [7, 11) is 0. The van der Waals surface area contributed by atoms with Crippen molar-refractivity contribution in [3.05, 3.63) is 64.8 Å². The third-order valence-electron chi connectivity index (χ3n) is 4.53. The van der Waals surface area contributed by atoms with Gasteiger partial charge < -0.3 is 20.3 Å². The standard InChI is InChI=1S/C23H25ClN4O4/c1-23(2,3)32-22(31)28-12-9-15(10-13-28)20(29)26-18-8-7-16(24)14-17(18)21(30)27-19-6-4-5-11-25-19/h4-9,11,14H,10,12-13H2,1-3H3,(H,26,29)(H,25,27,30). The number of ether oxygens (including phenoxy) is 1. The van der Waals surface area contributed by atoms with Gasteiger partial charge >= 0.3 is 6.09 Å². The Balaban J connectivity index is 1.69. The maximum Gasteiger partial charge on any atom is 0.410 e. The number of nitrogens with zero attached hydrogens (tertiary/aromatic N) is 2. The molecule has 8 nitrogen and oxygen atoms in total. The van der Waals surface area contributed by atoms with E-state index in [0.29, 0.717) is 35.1 Å². The summed E-state index contributed by atoms with van der Waals surface area (Å²) in [6.07, 6.45) is 3.20. The van der Waals surface area contributed by atoms with Crippen molar-refractivity contribution >= 4 is 41.0 Å². The van der Waals surface area contributed by atoms with E-state index in [1.54, 1.807) is 63.4 Å². The molecule has 3 amide bonds. The van der Waals surface area contributed by atoms with Crippen LogP contribution in [0.25, 0.3) is 0 Å². The fraction of sp³-hybridized carbons (Fsp3) is 0.304. The second-order valence-electron chi connectivity index (χ2n) is 8.22. The summed E-state index contributed by atoms with van der Waals surface area (Å²) in [4.78, 5) is 43.3. The Labute approximate surface area is 191 Å². The number of hydrogen-bond donors (Lipinski definition) is 2. The summed E-state index contributed by atoms with van der Waals surface area (Å²) in [5, 5.41) is 5.82. The maximum absolute atomic E-state index is 12.8. The second kappa shape index (κ2) is 9.82. The first-order chi connectivity index (χ1) is 15.1. The lowest BCUT2D eigenvalue weighted by molar-refractivity contribution is -0.113. The lowest BCUT2D eigenvalue weighted by Crippen LogP contribution is -2.40. The predicted octanol–water partition coefficient (Wildman–Crippen LogP) is 4.49. The number of anilines is 2. The molecule has 0 atom stereocenters. The molecule has 1 aliphatic rings. The molecule has 0 fully saturated rings. The van der Waals surface area contributed by atoms with Crippen molar-refractivity contribution in [1.29, 1.82) is 0 Å². The van der Waals surface area contributed by atoms with Crippen molar-refractivity contribution in [1.82, 2.24) is 9.88 Å². The van der Waals surface area contributed by atoms with Crippen molar-refractivity contribution in [2.24, 2.45) is 0 Å². The molecule has 0 radical (unpaired) electrons. The second-order valence-corrected chi connectivity index (χ2v) is 8.66. The van der Waals surface area contributed by atoms with Crippen LogP contribution in [0.3, 0.4) is 0 Å². The zero-order valence-electron chi connectivity index (χ0n) is 18.1. The monoisotopic (exact) mass is 456 g/mol. The summed E-state index contributed by atoms with van der Waals surface area (Å²) in [6.45, 7) is 6.04. The molecule has 1 aliphatic heterocycles. The summed E-state index contributed by atoms with van der Waals surface area (Å²) in [6, 6.07) is 9.79. The van der Waals surface area contributed by atoms with Gasteiger partial charge in [-0.2, -0.15) is 0 Å². The van der Waals surface area contributed by atoms with Crippen molar-refractivity contribution in [3.63, 3.8) is 0 Å². The van der Waals surface area contributed by atoms with Gasteiger partial charge in [-0.3, -0.25) is 9.59 Å². The van der Waals surface area contributed by atoms with Crippen LogP contribution in [0.2, 0.25) is 5.02 Å². The number of benzene rings is 1. The highest BCUT2D eigenvalue weighted by Gasteiger charge is 2.25. The fourth-order valence-corrected chi connectivity index (χ4v) is 3.18. The van der Waals surface area contributed by atoms with Gasteiger partial charge in [0, 0.05) is 29.9 Å². The zero-order chi connectivity index (χ0) is 23.3. The van der Waals surface area contributed by atoms with Crippen molar-refractivity contribution < 1.29 is 19.1 Å². The van der Waals surface area contributed by atoms with Crippen LogP contribution in [0, 0.1) is 0 Å². The third kappa shape index (κ3) is 6.31. The summed E-state index contributed by atoms with van der Waals surface area (Å²) in [5.74, 6) is -0.412. The van der Waals surface area contributed by atoms with Gasteiger partial charge in [0.2, 0.25) is 0 Å². The molecule has 0 spiro atoms. The number of carbonyl (C=O) groups is 3. The van der Waals surface area contributed by atoms with E-state index in [4.69, 9.17) is 16.3 Å². The Morgan fingerprint density at radius 1 is 1.09 bits per heavy atom. The van der Waals surface area contributed by atoms with E-state index in [0.717, 1.165) is 0 Å². The maximum atomic E-state index is 12.8. The van der Waals surface area contributed by atoms with Gasteiger partial charge in [-0.25, -0.2) is 9.78 Å². The Morgan fingerprint density at radius 3 is 2.50 bits per heavy atom. The number of amides is 3. The average Bonchev–Trinajstić information content (AvgIpc) is 2.74. The minimum absolute atomic E-state index is 0.211. The summed E-state index contributed by atoms with van der Waals surface area (Å²) in [5.41, 5.74) is 0.474. The molecule has 0 bridgehead atoms. The van der Waals surface area contributed by atoms with Crippen LogP contribution < -0.4 is 10.6 Å². The highest BCUT2D eigenvalue weighted by molar-refractivity contribution is 6.31. The SMILES string of the molecule is CC(C)(C)OC(=O)N1CC=C(C(=O)Nc2ccc(Cl)cc2C(=O)Nc2ccccn2)CC1. The average molecular weight is 457 g/mol. The fourth-order valence-electron chi connectivity index (χ4n) is 3.00. The van der Waals surface area contributed by atoms with Crippen LogP contribution in [0.15, 0.2) is 54.2 Å². The first kappa shape index (κ1) is 23.3. The van der Waals surface area contributed by atoms with Crippen LogP contribution in [0.5, 0.6) is 0 Å². The normalized spacial score (nSPS) is 13.8. The molecule has 2 heterocycles. The predicted molar refractivity (Wildman–Crippen MR) is 123 cm³/mol. The lowest BCUT2D eigenvalue weighted by atomic mass is 10.1. The first-order valence-corrected chi connectivity index (χ1v) is 10.5. The van der Waals surface area contributed by atoms with E-state index in [-0.39, 0.29) is 18.0 Å². The summed E-state index contributed by atoms with van der Waals surface area (Å²) < 4.78 is 5.37. The number of pyridine rings is 1. The molecular formula is C23H25ClN4O4. The van der Waals surface area contributed by atoms with E-state index in [2.05, 4.69) is 15.6 Å². The van der Waals surface area contributed by atoms with Gasteiger partial charge in [0.1, 0.15) is 11.4 Å². The van der Waals surface area contributed by atoms with E-state index < -0.39 is 17.6 Å². The van der Waals surface area contributed by atoms with Gasteiger partial charge in [-0.15, -0.1) is 0 Å². The lowest BCUT2D eigenvalue weighted by Gasteiger charge is -2.29. The van der Waals surface area contributed by atoms with Gasteiger partial charge in [0.05, 0.1) is 11.3 Å². The molecule has 0 saturated carbocycles. The van der Waals surface area contributed by atoms with Gasteiger partial charge in [0.15, 0.2) is 0 Å². The minimum Gasteiger partial charge on any atom is -0.444 e. The molecule has 0 saturated heterocycles. The number of aromatic nitrogens is 1. The number of halogens is 1. The Morgan fingerprint density at radius 2 is 1.88 bits per heavy atom. The first-order valence-electron chi connectivity index (χ1n) is 10.1. The molecular weight excluding hydrogens is 432 g/mol. The van der Waals surface area contributed by atoms with E-state index in [1.165, 1.54) is 11.0 Å². The van der Waals surface area contributed by atoms with Gasteiger partial charge in [-0.05, 0) is 57.5 Å². The topological polar surface area (TPSA) is 101 Å². The van der Waals surface area contributed by atoms with E-state index in [1.807, 2.05) is 0 Å². The van der Waals surface area contributed by atoms with Crippen molar-refractivity contribution in [2.75, 3.05) is 23.7 Å². The smallest absolute Gasteiger partial charge is 0.410 e. The largest absolute Gasteiger partial charge is 0.444 e. The van der Waals surface area contributed by atoms with E-state index in [9.17, 15) is 14.4 Å². The van der Waals surface area contributed by atoms with E-state index >= 15 is 0 Å². The van der Waals surface area contributed by atoms with Crippen molar-refractivity contribution in [2.45, 2.75) is 32.8 Å². The van der Waals surface area contributed by atoms with Crippen LogP contribution >= 0.6 is 11.6 Å². The Hall–Kier alpha value is -3.39. The molecule has 168 valence electrons. The quantitative estimate of drug-likeness (QED) is 0.705.